The molecule has 6 heteroatoms. The van der Waals surface area contributed by atoms with Gasteiger partial charge in [-0.2, -0.15) is 5.10 Å². The molecule has 0 saturated heterocycles. The molecule has 0 aliphatic heterocycles. The molecule has 1 heterocycles. The number of halogens is 1. The number of methoxy groups -OCH3 is 1. The number of Topliss-reactive ketones (excluding diaryl/α,β-unsaturated/α-hetero) is 1. The van der Waals surface area contributed by atoms with Crippen molar-refractivity contribution in [3.05, 3.63) is 16.9 Å². The molecule has 102 valence electrons. The summed E-state index contributed by atoms with van der Waals surface area (Å²) >= 11 is 6.01. The number of rotatable bonds is 7. The van der Waals surface area contributed by atoms with Crippen LogP contribution in [0.3, 0.4) is 0 Å². The fourth-order valence-corrected chi connectivity index (χ4v) is 1.86. The molecule has 18 heavy (non-hydrogen) atoms. The molecule has 0 radical (unpaired) electrons. The van der Waals surface area contributed by atoms with Crippen LogP contribution in [0.25, 0.3) is 0 Å². The number of nitrogens with zero attached hydrogens (tertiary/aromatic N) is 2. The van der Waals surface area contributed by atoms with Crippen LogP contribution in [-0.2, 0) is 11.3 Å². The molecule has 0 aliphatic rings. The van der Waals surface area contributed by atoms with Crippen molar-refractivity contribution < 1.29 is 9.53 Å². The number of carbonyl (C=O) groups is 1. The van der Waals surface area contributed by atoms with Gasteiger partial charge in [-0.1, -0.05) is 31.9 Å². The van der Waals surface area contributed by atoms with E-state index in [0.717, 1.165) is 6.42 Å². The molecule has 1 aromatic rings. The van der Waals surface area contributed by atoms with E-state index in [1.54, 1.807) is 11.8 Å². The molecule has 1 aromatic heterocycles. The lowest BCUT2D eigenvalue weighted by atomic mass is 9.95. The molecule has 5 nitrogen and oxygen atoms in total. The predicted molar refractivity (Wildman–Crippen MR) is 70.9 cm³/mol. The highest BCUT2D eigenvalue weighted by Crippen LogP contribution is 2.19. The van der Waals surface area contributed by atoms with Gasteiger partial charge in [0.1, 0.15) is 5.69 Å². The summed E-state index contributed by atoms with van der Waals surface area (Å²) < 4.78 is 6.52. The minimum absolute atomic E-state index is 0.111. The van der Waals surface area contributed by atoms with Crippen LogP contribution in [0, 0.1) is 5.92 Å². The Bertz CT molecular complexity index is 406. The highest BCUT2D eigenvalue weighted by atomic mass is 35.5. The molecule has 0 saturated carbocycles. The number of hydrogen-bond donors (Lipinski definition) is 1. The smallest absolute Gasteiger partial charge is 0.199 e. The quantitative estimate of drug-likeness (QED) is 0.768. The number of hydrogen-bond acceptors (Lipinski definition) is 4. The Hall–Kier alpha value is -0.910. The maximum Gasteiger partial charge on any atom is 0.199 e. The summed E-state index contributed by atoms with van der Waals surface area (Å²) in [5.41, 5.74) is 6.32. The Morgan fingerprint density at radius 1 is 1.67 bits per heavy atom. The van der Waals surface area contributed by atoms with Gasteiger partial charge >= 0.3 is 0 Å². The molecule has 0 amide bonds. The van der Waals surface area contributed by atoms with Crippen molar-refractivity contribution in [3.63, 3.8) is 0 Å². The maximum atomic E-state index is 12.3. The van der Waals surface area contributed by atoms with Gasteiger partial charge in [-0.25, -0.2) is 0 Å². The summed E-state index contributed by atoms with van der Waals surface area (Å²) in [6.45, 7) is 4.91. The minimum atomic E-state index is -0.550. The van der Waals surface area contributed by atoms with Gasteiger partial charge in [0.2, 0.25) is 0 Å². The largest absolute Gasteiger partial charge is 0.383 e. The van der Waals surface area contributed by atoms with Gasteiger partial charge in [0.15, 0.2) is 5.78 Å². The molecular formula is C12H20ClN3O2. The molecule has 0 spiro atoms. The van der Waals surface area contributed by atoms with Crippen molar-refractivity contribution in [2.45, 2.75) is 32.9 Å². The molecular weight excluding hydrogens is 254 g/mol. The van der Waals surface area contributed by atoms with E-state index >= 15 is 0 Å². The fraction of sp³-hybridized carbons (Fsp3) is 0.667. The fourth-order valence-electron chi connectivity index (χ4n) is 1.62. The molecule has 0 aromatic carbocycles. The third kappa shape index (κ3) is 3.31. The number of carbonyl (C=O) groups excluding carboxylic acids is 1. The average molecular weight is 274 g/mol. The van der Waals surface area contributed by atoms with Crippen LogP contribution in [0.2, 0.25) is 5.02 Å². The molecule has 2 atom stereocenters. The second-order valence-electron chi connectivity index (χ2n) is 4.33. The van der Waals surface area contributed by atoms with Crippen molar-refractivity contribution in [2.75, 3.05) is 13.7 Å². The Morgan fingerprint density at radius 2 is 2.33 bits per heavy atom. The molecule has 2 unspecified atom stereocenters. The van der Waals surface area contributed by atoms with Crippen molar-refractivity contribution in [1.29, 1.82) is 0 Å². The van der Waals surface area contributed by atoms with Crippen LogP contribution < -0.4 is 5.73 Å². The maximum absolute atomic E-state index is 12.3. The zero-order valence-corrected chi connectivity index (χ0v) is 11.8. The van der Waals surface area contributed by atoms with Gasteiger partial charge in [0.05, 0.1) is 30.4 Å². The van der Waals surface area contributed by atoms with E-state index in [1.165, 1.54) is 6.20 Å². The lowest BCUT2D eigenvalue weighted by molar-refractivity contribution is 0.0920. The lowest BCUT2D eigenvalue weighted by Gasteiger charge is -2.17. The first-order chi connectivity index (χ1) is 8.52. The van der Waals surface area contributed by atoms with Crippen molar-refractivity contribution in [2.24, 2.45) is 11.7 Å². The van der Waals surface area contributed by atoms with E-state index in [2.05, 4.69) is 5.10 Å². The third-order valence-electron chi connectivity index (χ3n) is 3.10. The van der Waals surface area contributed by atoms with Crippen LogP contribution in [0.1, 0.15) is 30.8 Å². The van der Waals surface area contributed by atoms with Crippen molar-refractivity contribution in [3.8, 4) is 0 Å². The summed E-state index contributed by atoms with van der Waals surface area (Å²) in [5.74, 6) is -0.0534. The number of aromatic nitrogens is 2. The topological polar surface area (TPSA) is 70.1 Å². The van der Waals surface area contributed by atoms with Crippen LogP contribution in [-0.4, -0.2) is 35.3 Å². The number of ketones is 1. The Balaban J connectivity index is 2.93. The van der Waals surface area contributed by atoms with E-state index in [-0.39, 0.29) is 11.7 Å². The molecule has 0 aliphatic carbocycles. The zero-order valence-electron chi connectivity index (χ0n) is 11.0. The zero-order chi connectivity index (χ0) is 13.7. The van der Waals surface area contributed by atoms with E-state index < -0.39 is 6.04 Å². The van der Waals surface area contributed by atoms with Crippen LogP contribution in [0.15, 0.2) is 6.20 Å². The molecule has 0 bridgehead atoms. The summed E-state index contributed by atoms with van der Waals surface area (Å²) in [7, 11) is 1.59. The standard InChI is InChI=1S/C12H20ClN3O2/c1-4-8(2)10(14)12(17)11-9(13)7-15-16(11)5-6-18-3/h7-8,10H,4-6,14H2,1-3H3. The van der Waals surface area contributed by atoms with Crippen LogP contribution >= 0.6 is 11.6 Å². The second kappa shape index (κ2) is 6.87. The SMILES string of the molecule is CCC(C)C(N)C(=O)c1c(Cl)cnn1CCOC. The van der Waals surface area contributed by atoms with Gasteiger partial charge in [0.25, 0.3) is 0 Å². The number of ether oxygens (including phenoxy) is 1. The Morgan fingerprint density at radius 3 is 2.89 bits per heavy atom. The van der Waals surface area contributed by atoms with Crippen molar-refractivity contribution >= 4 is 17.4 Å². The molecule has 1 rings (SSSR count). The summed E-state index contributed by atoms with van der Waals surface area (Å²) in [6, 6.07) is -0.550. The highest BCUT2D eigenvalue weighted by molar-refractivity contribution is 6.33. The summed E-state index contributed by atoms with van der Waals surface area (Å²) in [6.07, 6.45) is 2.31. The van der Waals surface area contributed by atoms with Gasteiger partial charge in [-0.15, -0.1) is 0 Å². The highest BCUT2D eigenvalue weighted by Gasteiger charge is 2.26. The van der Waals surface area contributed by atoms with Crippen LogP contribution in [0.4, 0.5) is 0 Å². The average Bonchev–Trinajstić information content (AvgIpc) is 2.74. The Kier molecular flexibility index (Phi) is 5.78. The third-order valence-corrected chi connectivity index (χ3v) is 3.37. The van der Waals surface area contributed by atoms with E-state index in [9.17, 15) is 4.79 Å². The molecule has 0 fully saturated rings. The second-order valence-corrected chi connectivity index (χ2v) is 4.74. The first-order valence-electron chi connectivity index (χ1n) is 6.02. The van der Waals surface area contributed by atoms with Crippen LogP contribution in [0.5, 0.6) is 0 Å². The number of nitrogens with two attached hydrogens (primary N) is 1. The van der Waals surface area contributed by atoms with E-state index in [4.69, 9.17) is 22.1 Å². The van der Waals surface area contributed by atoms with Gasteiger partial charge < -0.3 is 10.5 Å². The Labute approximate surface area is 112 Å². The first-order valence-corrected chi connectivity index (χ1v) is 6.40. The van der Waals surface area contributed by atoms with Gasteiger partial charge in [-0.05, 0) is 5.92 Å². The lowest BCUT2D eigenvalue weighted by Crippen LogP contribution is -2.38. The van der Waals surface area contributed by atoms with Gasteiger partial charge in [-0.3, -0.25) is 9.48 Å². The minimum Gasteiger partial charge on any atom is -0.383 e. The van der Waals surface area contributed by atoms with E-state index in [1.807, 2.05) is 13.8 Å². The van der Waals surface area contributed by atoms with Gasteiger partial charge in [0, 0.05) is 7.11 Å². The normalized spacial score (nSPS) is 14.5. The monoisotopic (exact) mass is 273 g/mol. The molecule has 2 N–H and O–H groups in total. The summed E-state index contributed by atoms with van der Waals surface area (Å²) in [4.78, 5) is 12.3. The first kappa shape index (κ1) is 15.1. The van der Waals surface area contributed by atoms with Crippen molar-refractivity contribution in [1.82, 2.24) is 9.78 Å². The predicted octanol–water partition coefficient (Wildman–Crippen LogP) is 1.74. The van der Waals surface area contributed by atoms with E-state index in [0.29, 0.717) is 23.9 Å². The summed E-state index contributed by atoms with van der Waals surface area (Å²) in [5, 5.41) is 4.41.